The highest BCUT2D eigenvalue weighted by atomic mass is 35.5. The van der Waals surface area contributed by atoms with E-state index in [1.165, 1.54) is 6.08 Å². The number of amides is 2. The van der Waals surface area contributed by atoms with Gasteiger partial charge in [-0.25, -0.2) is 0 Å². The number of nitrogens with one attached hydrogen (secondary N) is 2. The van der Waals surface area contributed by atoms with Gasteiger partial charge >= 0.3 is 0 Å². The monoisotopic (exact) mass is 502 g/mol. The van der Waals surface area contributed by atoms with E-state index in [9.17, 15) is 14.9 Å². The molecular formula is C27H20Cl2N4O2. The molecule has 0 aliphatic heterocycles. The second-order valence-corrected chi connectivity index (χ2v) is 8.66. The van der Waals surface area contributed by atoms with Gasteiger partial charge in [0, 0.05) is 28.4 Å². The lowest BCUT2D eigenvalue weighted by molar-refractivity contribution is -0.116. The topological polar surface area (TPSA) is 86.9 Å². The number of carbonyl (C=O) groups excluding carboxylic acids is 2. The fraction of sp³-hybridized carbons (Fsp3) is 0.0741. The Morgan fingerprint density at radius 2 is 1.80 bits per heavy atom. The summed E-state index contributed by atoms with van der Waals surface area (Å²) in [5.41, 5.74) is 3.38. The Morgan fingerprint density at radius 1 is 1.03 bits per heavy atom. The van der Waals surface area contributed by atoms with Crippen molar-refractivity contribution in [2.24, 2.45) is 0 Å². The smallest absolute Gasteiger partial charge is 0.266 e. The van der Waals surface area contributed by atoms with Crippen molar-refractivity contribution in [3.8, 4) is 6.07 Å². The standard InChI is InChI=1S/C27H20Cl2N4O2/c1-17-6-4-7-20(12-17)31-25(34)16-33-15-19(21-8-2-3-11-24(21)33)13-18(14-30)27(35)32-23-10-5-9-22(28)26(23)29/h2-13,15H,16H2,1H3,(H,31,34)(H,32,35)/b18-13-. The average Bonchev–Trinajstić information content (AvgIpc) is 3.17. The molecule has 1 heterocycles. The molecule has 174 valence electrons. The van der Waals surface area contributed by atoms with Crippen LogP contribution in [0.1, 0.15) is 11.1 Å². The van der Waals surface area contributed by atoms with Crippen molar-refractivity contribution in [3.05, 3.63) is 99.7 Å². The van der Waals surface area contributed by atoms with E-state index in [0.717, 1.165) is 22.2 Å². The quantitative estimate of drug-likeness (QED) is 0.235. The summed E-state index contributed by atoms with van der Waals surface area (Å²) in [5.74, 6) is -0.814. The van der Waals surface area contributed by atoms with Gasteiger partial charge < -0.3 is 15.2 Å². The van der Waals surface area contributed by atoms with Crippen LogP contribution < -0.4 is 10.6 Å². The number of anilines is 2. The second-order valence-electron chi connectivity index (χ2n) is 7.87. The minimum absolute atomic E-state index is 0.0640. The van der Waals surface area contributed by atoms with Crippen LogP contribution in [0, 0.1) is 18.3 Å². The van der Waals surface area contributed by atoms with E-state index in [1.807, 2.05) is 61.5 Å². The lowest BCUT2D eigenvalue weighted by Gasteiger charge is -2.08. The molecule has 2 amide bonds. The molecule has 3 aromatic carbocycles. The minimum Gasteiger partial charge on any atom is -0.337 e. The highest BCUT2D eigenvalue weighted by Crippen LogP contribution is 2.30. The summed E-state index contributed by atoms with van der Waals surface area (Å²) in [4.78, 5) is 25.5. The largest absolute Gasteiger partial charge is 0.337 e. The zero-order valence-electron chi connectivity index (χ0n) is 18.7. The predicted octanol–water partition coefficient (Wildman–Crippen LogP) is 6.44. The van der Waals surface area contributed by atoms with Gasteiger partial charge in [0.2, 0.25) is 5.91 Å². The molecule has 0 saturated heterocycles. The van der Waals surface area contributed by atoms with Gasteiger partial charge in [0.25, 0.3) is 5.91 Å². The molecule has 0 spiro atoms. The molecule has 1 aromatic heterocycles. The van der Waals surface area contributed by atoms with Gasteiger partial charge in [-0.2, -0.15) is 5.26 Å². The Balaban J connectivity index is 1.61. The molecule has 0 aliphatic carbocycles. The summed E-state index contributed by atoms with van der Waals surface area (Å²) in [5, 5.41) is 16.5. The highest BCUT2D eigenvalue weighted by Gasteiger charge is 2.16. The SMILES string of the molecule is Cc1cccc(NC(=O)Cn2cc(/C=C(/C#N)C(=O)Nc3cccc(Cl)c3Cl)c3ccccc32)c1. The number of halogens is 2. The fourth-order valence-electron chi connectivity index (χ4n) is 3.69. The molecule has 4 rings (SSSR count). The maximum Gasteiger partial charge on any atom is 0.266 e. The van der Waals surface area contributed by atoms with Crippen molar-refractivity contribution < 1.29 is 9.59 Å². The van der Waals surface area contributed by atoms with E-state index in [1.54, 1.807) is 29.0 Å². The summed E-state index contributed by atoms with van der Waals surface area (Å²) >= 11 is 12.2. The molecule has 0 bridgehead atoms. The van der Waals surface area contributed by atoms with Gasteiger partial charge in [-0.3, -0.25) is 9.59 Å². The van der Waals surface area contributed by atoms with Crippen LogP contribution in [0.5, 0.6) is 0 Å². The minimum atomic E-state index is -0.620. The van der Waals surface area contributed by atoms with Gasteiger partial charge in [-0.1, -0.05) is 59.6 Å². The molecular weight excluding hydrogens is 483 g/mol. The first-order valence-electron chi connectivity index (χ1n) is 10.7. The number of aryl methyl sites for hydroxylation is 1. The Hall–Kier alpha value is -4.05. The molecule has 8 heteroatoms. The molecule has 0 radical (unpaired) electrons. The molecule has 4 aromatic rings. The summed E-state index contributed by atoms with van der Waals surface area (Å²) < 4.78 is 1.78. The lowest BCUT2D eigenvalue weighted by Crippen LogP contribution is -2.18. The molecule has 0 fully saturated rings. The molecule has 2 N–H and O–H groups in total. The van der Waals surface area contributed by atoms with Crippen LogP contribution in [0.15, 0.2) is 78.5 Å². The first-order chi connectivity index (χ1) is 16.9. The van der Waals surface area contributed by atoms with Gasteiger partial charge in [-0.15, -0.1) is 0 Å². The third-order valence-electron chi connectivity index (χ3n) is 5.30. The van der Waals surface area contributed by atoms with Gasteiger partial charge in [0.05, 0.1) is 15.7 Å². The van der Waals surface area contributed by atoms with E-state index in [2.05, 4.69) is 10.6 Å². The van der Waals surface area contributed by atoms with Crippen LogP contribution in [0.25, 0.3) is 17.0 Å². The fourth-order valence-corrected chi connectivity index (χ4v) is 4.04. The number of para-hydroxylation sites is 1. The first kappa shape index (κ1) is 24.1. The average molecular weight is 503 g/mol. The summed E-state index contributed by atoms with van der Waals surface area (Å²) in [6.07, 6.45) is 3.24. The Bertz CT molecular complexity index is 1520. The van der Waals surface area contributed by atoms with E-state index in [4.69, 9.17) is 23.2 Å². The van der Waals surface area contributed by atoms with Crippen LogP contribution in [-0.4, -0.2) is 16.4 Å². The van der Waals surface area contributed by atoms with Gasteiger partial charge in [0.1, 0.15) is 18.2 Å². The molecule has 0 atom stereocenters. The van der Waals surface area contributed by atoms with Crippen molar-refractivity contribution in [1.29, 1.82) is 5.26 Å². The van der Waals surface area contributed by atoms with E-state index in [0.29, 0.717) is 16.3 Å². The number of hydrogen-bond acceptors (Lipinski definition) is 3. The molecule has 0 aliphatic rings. The molecule has 0 unspecified atom stereocenters. The molecule has 6 nitrogen and oxygen atoms in total. The maximum absolute atomic E-state index is 12.8. The molecule has 0 saturated carbocycles. The first-order valence-corrected chi connectivity index (χ1v) is 11.4. The van der Waals surface area contributed by atoms with Crippen molar-refractivity contribution in [3.63, 3.8) is 0 Å². The number of aromatic nitrogens is 1. The Morgan fingerprint density at radius 3 is 2.57 bits per heavy atom. The number of benzene rings is 3. The predicted molar refractivity (Wildman–Crippen MR) is 140 cm³/mol. The van der Waals surface area contributed by atoms with Crippen molar-refractivity contribution >= 4 is 63.4 Å². The van der Waals surface area contributed by atoms with E-state index in [-0.39, 0.29) is 23.0 Å². The molecule has 35 heavy (non-hydrogen) atoms. The Labute approximate surface area is 212 Å². The van der Waals surface area contributed by atoms with Crippen molar-refractivity contribution in [1.82, 2.24) is 4.57 Å². The van der Waals surface area contributed by atoms with E-state index >= 15 is 0 Å². The number of nitrogens with zero attached hydrogens (tertiary/aromatic N) is 2. The van der Waals surface area contributed by atoms with Crippen LogP contribution >= 0.6 is 23.2 Å². The lowest BCUT2D eigenvalue weighted by atomic mass is 10.1. The number of hydrogen-bond donors (Lipinski definition) is 2. The summed E-state index contributed by atoms with van der Waals surface area (Å²) in [6, 6.07) is 21.8. The van der Waals surface area contributed by atoms with Crippen LogP contribution in [0.2, 0.25) is 10.0 Å². The third-order valence-corrected chi connectivity index (χ3v) is 6.12. The summed E-state index contributed by atoms with van der Waals surface area (Å²) in [7, 11) is 0. The van der Waals surface area contributed by atoms with Crippen molar-refractivity contribution in [2.75, 3.05) is 10.6 Å². The van der Waals surface area contributed by atoms with Gasteiger partial charge in [-0.05, 0) is 48.9 Å². The zero-order valence-corrected chi connectivity index (χ0v) is 20.2. The number of fused-ring (bicyclic) bond motifs is 1. The summed E-state index contributed by atoms with van der Waals surface area (Å²) in [6.45, 7) is 2.02. The van der Waals surface area contributed by atoms with Crippen LogP contribution in [0.3, 0.4) is 0 Å². The van der Waals surface area contributed by atoms with Crippen molar-refractivity contribution in [2.45, 2.75) is 13.5 Å². The van der Waals surface area contributed by atoms with Crippen LogP contribution in [-0.2, 0) is 16.1 Å². The van der Waals surface area contributed by atoms with Crippen LogP contribution in [0.4, 0.5) is 11.4 Å². The second kappa shape index (κ2) is 10.5. The van der Waals surface area contributed by atoms with Gasteiger partial charge in [0.15, 0.2) is 0 Å². The zero-order chi connectivity index (χ0) is 24.9. The number of carbonyl (C=O) groups is 2. The normalized spacial score (nSPS) is 11.2. The number of nitriles is 1. The number of rotatable bonds is 6. The maximum atomic E-state index is 12.8. The third kappa shape index (κ3) is 5.55. The Kier molecular flexibility index (Phi) is 7.21. The van der Waals surface area contributed by atoms with E-state index < -0.39 is 5.91 Å². The highest BCUT2D eigenvalue weighted by molar-refractivity contribution is 6.44.